The van der Waals surface area contributed by atoms with Gasteiger partial charge in [-0.15, -0.1) is 11.3 Å². The van der Waals surface area contributed by atoms with Crippen molar-refractivity contribution in [3.05, 3.63) is 88.0 Å². The zero-order valence-electron chi connectivity index (χ0n) is 16.0. The van der Waals surface area contributed by atoms with Gasteiger partial charge in [0.1, 0.15) is 11.9 Å². The van der Waals surface area contributed by atoms with E-state index in [1.807, 2.05) is 17.5 Å². The molecule has 0 radical (unpaired) electrons. The van der Waals surface area contributed by atoms with Crippen LogP contribution in [0.2, 0.25) is 5.02 Å². The van der Waals surface area contributed by atoms with Crippen molar-refractivity contribution >= 4 is 46.3 Å². The Morgan fingerprint density at radius 1 is 1.37 bits per heavy atom. The number of ether oxygens (including phenoxy) is 1. The van der Waals surface area contributed by atoms with E-state index in [1.165, 1.54) is 34.1 Å². The molecule has 3 aromatic rings. The number of rotatable bonds is 4. The Balaban J connectivity index is 1.98. The molecule has 0 fully saturated rings. The molecule has 0 spiro atoms. The largest absolute Gasteiger partial charge is 0.463 e. The smallest absolute Gasteiger partial charge is 0.338 e. The third-order valence-electron chi connectivity index (χ3n) is 4.60. The summed E-state index contributed by atoms with van der Waals surface area (Å²) < 4.78 is 21.2. The van der Waals surface area contributed by atoms with Crippen LogP contribution in [0.5, 0.6) is 0 Å². The first kappa shape index (κ1) is 20.7. The summed E-state index contributed by atoms with van der Waals surface area (Å²) in [7, 11) is 0. The Labute approximate surface area is 184 Å². The highest BCUT2D eigenvalue weighted by molar-refractivity contribution is 7.10. The molecule has 4 rings (SSSR count). The number of benzene rings is 1. The van der Waals surface area contributed by atoms with Gasteiger partial charge in [-0.25, -0.2) is 14.2 Å². The van der Waals surface area contributed by atoms with Crippen LogP contribution in [0.1, 0.15) is 30.3 Å². The molecule has 2 aromatic heterocycles. The van der Waals surface area contributed by atoms with Crippen LogP contribution in [-0.4, -0.2) is 17.1 Å². The number of esters is 1. The van der Waals surface area contributed by atoms with Crippen LogP contribution >= 0.6 is 34.3 Å². The summed E-state index contributed by atoms with van der Waals surface area (Å²) in [6.45, 7) is 3.65. The Morgan fingerprint density at radius 3 is 2.83 bits per heavy atom. The predicted octanol–water partition coefficient (Wildman–Crippen LogP) is 3.65. The quantitative estimate of drug-likeness (QED) is 0.556. The molecule has 0 saturated heterocycles. The summed E-state index contributed by atoms with van der Waals surface area (Å²) in [6, 6.07) is 7.41. The number of fused-ring (bicyclic) bond motifs is 1. The first-order valence-corrected chi connectivity index (χ1v) is 11.2. The van der Waals surface area contributed by atoms with E-state index in [1.54, 1.807) is 19.9 Å². The van der Waals surface area contributed by atoms with Gasteiger partial charge in [0.2, 0.25) is 0 Å². The molecule has 1 atom stereocenters. The van der Waals surface area contributed by atoms with Crippen LogP contribution in [0.3, 0.4) is 0 Å². The molecule has 30 heavy (non-hydrogen) atoms. The predicted molar refractivity (Wildman–Crippen MR) is 116 cm³/mol. The lowest BCUT2D eigenvalue weighted by molar-refractivity contribution is -0.139. The first-order valence-electron chi connectivity index (χ1n) is 9.09. The van der Waals surface area contributed by atoms with Crippen LogP contribution in [0, 0.1) is 5.82 Å². The van der Waals surface area contributed by atoms with Crippen LogP contribution in [0.15, 0.2) is 56.8 Å². The van der Waals surface area contributed by atoms with Crippen LogP contribution in [0.4, 0.5) is 4.39 Å². The summed E-state index contributed by atoms with van der Waals surface area (Å²) in [5.41, 5.74) is 0.579. The van der Waals surface area contributed by atoms with Gasteiger partial charge in [0.25, 0.3) is 5.56 Å². The maximum Gasteiger partial charge on any atom is 0.338 e. The maximum absolute atomic E-state index is 14.3. The molecular weight excluding hydrogens is 447 g/mol. The number of carbonyl (C=O) groups excluding carboxylic acids is 1. The van der Waals surface area contributed by atoms with Crippen molar-refractivity contribution in [3.63, 3.8) is 0 Å². The topological polar surface area (TPSA) is 60.7 Å². The monoisotopic (exact) mass is 462 g/mol. The Morgan fingerprint density at radius 2 is 2.17 bits per heavy atom. The SMILES string of the molecule is CCOC(=O)C1=C(C)N=c2s/c(=C/c3c(F)cccc3Cl)c(=O)n2C1c1cccs1. The number of thiophene rings is 1. The fourth-order valence-corrected chi connectivity index (χ4v) is 5.36. The second-order valence-electron chi connectivity index (χ2n) is 6.45. The average Bonchev–Trinajstić information content (AvgIpc) is 3.33. The van der Waals surface area contributed by atoms with Gasteiger partial charge in [-0.1, -0.05) is 35.1 Å². The van der Waals surface area contributed by atoms with Crippen molar-refractivity contribution < 1.29 is 13.9 Å². The molecule has 0 N–H and O–H groups in total. The van der Waals surface area contributed by atoms with E-state index in [2.05, 4.69) is 4.99 Å². The summed E-state index contributed by atoms with van der Waals surface area (Å²) in [6.07, 6.45) is 1.43. The normalized spacial score (nSPS) is 16.4. The number of carbonyl (C=O) groups is 1. The van der Waals surface area contributed by atoms with Crippen molar-refractivity contribution in [1.29, 1.82) is 0 Å². The van der Waals surface area contributed by atoms with Crippen LogP contribution in [0.25, 0.3) is 6.08 Å². The van der Waals surface area contributed by atoms with Gasteiger partial charge in [0.05, 0.1) is 27.4 Å². The van der Waals surface area contributed by atoms with Gasteiger partial charge >= 0.3 is 5.97 Å². The zero-order valence-corrected chi connectivity index (χ0v) is 18.4. The number of aromatic nitrogens is 1. The summed E-state index contributed by atoms with van der Waals surface area (Å²) in [5.74, 6) is -1.03. The lowest BCUT2D eigenvalue weighted by Crippen LogP contribution is -2.39. The van der Waals surface area contributed by atoms with Gasteiger partial charge < -0.3 is 4.74 Å². The zero-order chi connectivity index (χ0) is 21.4. The third-order valence-corrected chi connectivity index (χ3v) is 6.84. The van der Waals surface area contributed by atoms with E-state index in [0.29, 0.717) is 16.1 Å². The summed E-state index contributed by atoms with van der Waals surface area (Å²) in [5, 5.41) is 2.08. The van der Waals surface area contributed by atoms with E-state index >= 15 is 0 Å². The van der Waals surface area contributed by atoms with E-state index in [9.17, 15) is 14.0 Å². The lowest BCUT2D eigenvalue weighted by atomic mass is 10.0. The summed E-state index contributed by atoms with van der Waals surface area (Å²) in [4.78, 5) is 31.7. The second kappa shape index (κ2) is 8.29. The fourth-order valence-electron chi connectivity index (χ4n) is 3.29. The minimum absolute atomic E-state index is 0.137. The lowest BCUT2D eigenvalue weighted by Gasteiger charge is -2.23. The number of allylic oxidation sites excluding steroid dienone is 1. The Bertz CT molecular complexity index is 1320. The molecule has 0 amide bonds. The van der Waals surface area contributed by atoms with Gasteiger partial charge in [-0.3, -0.25) is 9.36 Å². The molecule has 5 nitrogen and oxygen atoms in total. The number of hydrogen-bond donors (Lipinski definition) is 0. The van der Waals surface area contributed by atoms with E-state index in [0.717, 1.165) is 16.2 Å². The Hall–Kier alpha value is -2.55. The van der Waals surface area contributed by atoms with Crippen molar-refractivity contribution in [2.45, 2.75) is 19.9 Å². The van der Waals surface area contributed by atoms with Gasteiger partial charge in [-0.2, -0.15) is 0 Å². The van der Waals surface area contributed by atoms with Gasteiger partial charge in [0, 0.05) is 10.4 Å². The number of nitrogens with zero attached hydrogens (tertiary/aromatic N) is 2. The van der Waals surface area contributed by atoms with Gasteiger partial charge in [0.15, 0.2) is 4.80 Å². The average molecular weight is 463 g/mol. The standard InChI is InChI=1S/C21H16ClFN2O3S2/c1-3-28-20(27)17-11(2)24-21-25(18(17)15-8-5-9-29-15)19(26)16(30-21)10-12-13(22)6-4-7-14(12)23/h4-10,18H,3H2,1-2H3/b16-10+. The molecule has 0 bridgehead atoms. The summed E-state index contributed by atoms with van der Waals surface area (Å²) >= 11 is 8.68. The van der Waals surface area contributed by atoms with Crippen LogP contribution < -0.4 is 14.9 Å². The fraction of sp³-hybridized carbons (Fsp3) is 0.190. The molecule has 1 aliphatic rings. The molecule has 9 heteroatoms. The van der Waals surface area contributed by atoms with E-state index in [4.69, 9.17) is 16.3 Å². The molecule has 1 aromatic carbocycles. The van der Waals surface area contributed by atoms with E-state index in [-0.39, 0.29) is 27.3 Å². The second-order valence-corrected chi connectivity index (χ2v) is 8.85. The van der Waals surface area contributed by atoms with Crippen molar-refractivity contribution in [1.82, 2.24) is 4.57 Å². The Kier molecular flexibility index (Phi) is 5.73. The van der Waals surface area contributed by atoms with Crippen molar-refractivity contribution in [2.24, 2.45) is 4.99 Å². The van der Waals surface area contributed by atoms with Crippen molar-refractivity contribution in [3.8, 4) is 0 Å². The number of thiazole rings is 1. The molecule has 1 unspecified atom stereocenters. The highest BCUT2D eigenvalue weighted by Crippen LogP contribution is 2.33. The molecular formula is C21H16ClFN2O3S2. The molecule has 0 saturated carbocycles. The molecule has 154 valence electrons. The van der Waals surface area contributed by atoms with E-state index < -0.39 is 17.8 Å². The minimum Gasteiger partial charge on any atom is -0.463 e. The first-order chi connectivity index (χ1) is 14.4. The number of halogens is 2. The van der Waals surface area contributed by atoms with Crippen LogP contribution in [-0.2, 0) is 9.53 Å². The molecule has 0 aliphatic carbocycles. The number of hydrogen-bond acceptors (Lipinski definition) is 6. The highest BCUT2D eigenvalue weighted by Gasteiger charge is 2.33. The highest BCUT2D eigenvalue weighted by atomic mass is 35.5. The molecule has 1 aliphatic heterocycles. The van der Waals surface area contributed by atoms with Crippen molar-refractivity contribution in [2.75, 3.05) is 6.61 Å². The minimum atomic E-state index is -0.654. The molecule has 3 heterocycles. The maximum atomic E-state index is 14.3. The third kappa shape index (κ3) is 3.55. The van der Waals surface area contributed by atoms with Gasteiger partial charge in [-0.05, 0) is 43.5 Å².